The maximum absolute atomic E-state index is 3.50. The number of hydrogen-bond donors (Lipinski definition) is 1. The van der Waals surface area contributed by atoms with Crippen LogP contribution in [0.15, 0.2) is 30.3 Å². The molecule has 0 aliphatic heterocycles. The van der Waals surface area contributed by atoms with Gasteiger partial charge >= 0.3 is 0 Å². The minimum Gasteiger partial charge on any atom is -0.311 e. The number of benzene rings is 1. The van der Waals surface area contributed by atoms with Crippen LogP contribution < -0.4 is 5.32 Å². The van der Waals surface area contributed by atoms with Crippen molar-refractivity contribution < 1.29 is 0 Å². The number of rotatable bonds is 8. The van der Waals surface area contributed by atoms with Crippen LogP contribution in [0.5, 0.6) is 0 Å². The number of nitrogens with one attached hydrogen (secondary N) is 1. The van der Waals surface area contributed by atoms with Crippen molar-refractivity contribution in [2.45, 2.75) is 39.8 Å². The van der Waals surface area contributed by atoms with E-state index in [0.717, 1.165) is 25.6 Å². The van der Waals surface area contributed by atoms with Crippen molar-refractivity contribution in [2.24, 2.45) is 5.92 Å². The van der Waals surface area contributed by atoms with Crippen LogP contribution in [-0.4, -0.2) is 31.1 Å². The molecule has 0 amide bonds. The Labute approximate surface area is 112 Å². The zero-order chi connectivity index (χ0) is 13.4. The van der Waals surface area contributed by atoms with Gasteiger partial charge in [0.05, 0.1) is 0 Å². The molecule has 1 N–H and O–H groups in total. The summed E-state index contributed by atoms with van der Waals surface area (Å²) >= 11 is 0. The van der Waals surface area contributed by atoms with Crippen LogP contribution in [0, 0.1) is 5.92 Å². The lowest BCUT2D eigenvalue weighted by molar-refractivity contribution is 0.228. The van der Waals surface area contributed by atoms with E-state index < -0.39 is 0 Å². The fourth-order valence-corrected chi connectivity index (χ4v) is 2.17. The molecule has 0 saturated carbocycles. The summed E-state index contributed by atoms with van der Waals surface area (Å²) in [5, 5.41) is 3.50. The van der Waals surface area contributed by atoms with Gasteiger partial charge in [0.15, 0.2) is 0 Å². The van der Waals surface area contributed by atoms with Crippen LogP contribution in [-0.2, 0) is 6.54 Å². The maximum atomic E-state index is 3.50. The molecule has 1 unspecified atom stereocenters. The minimum atomic E-state index is 0.670. The van der Waals surface area contributed by atoms with Gasteiger partial charge in [0.2, 0.25) is 0 Å². The third-order valence-electron chi connectivity index (χ3n) is 3.38. The molecule has 0 fully saturated rings. The second-order valence-corrected chi connectivity index (χ2v) is 5.62. The van der Waals surface area contributed by atoms with Gasteiger partial charge < -0.3 is 10.2 Å². The number of likely N-dealkylation sites (N-methyl/N-ethyl adjacent to an activating group) is 1. The molecule has 2 heteroatoms. The lowest BCUT2D eigenvalue weighted by Gasteiger charge is -2.26. The molecule has 1 aromatic carbocycles. The third-order valence-corrected chi connectivity index (χ3v) is 3.38. The molecule has 0 spiro atoms. The topological polar surface area (TPSA) is 15.3 Å². The van der Waals surface area contributed by atoms with Gasteiger partial charge in [-0.25, -0.2) is 0 Å². The van der Waals surface area contributed by atoms with Gasteiger partial charge in [0, 0.05) is 25.7 Å². The maximum Gasteiger partial charge on any atom is 0.0206 e. The summed E-state index contributed by atoms with van der Waals surface area (Å²) in [6.07, 6.45) is 1.27. The lowest BCUT2D eigenvalue weighted by Crippen LogP contribution is -2.35. The van der Waals surface area contributed by atoms with Crippen molar-refractivity contribution in [3.63, 3.8) is 0 Å². The van der Waals surface area contributed by atoms with E-state index in [-0.39, 0.29) is 0 Å². The predicted molar refractivity (Wildman–Crippen MR) is 79.7 cm³/mol. The minimum absolute atomic E-state index is 0.670. The molecule has 102 valence electrons. The van der Waals surface area contributed by atoms with Crippen molar-refractivity contribution in [2.75, 3.05) is 20.1 Å². The van der Waals surface area contributed by atoms with Crippen LogP contribution in [0.25, 0.3) is 0 Å². The van der Waals surface area contributed by atoms with E-state index >= 15 is 0 Å². The summed E-state index contributed by atoms with van der Waals surface area (Å²) in [7, 11) is 2.22. The lowest BCUT2D eigenvalue weighted by atomic mass is 10.0. The molecular weight excluding hydrogens is 220 g/mol. The standard InChI is InChI=1S/C16H28N2/c1-14(2)12-15(3)18(4)11-10-17-13-16-8-6-5-7-9-16/h5-9,14-15,17H,10-13H2,1-4H3. The molecule has 2 nitrogen and oxygen atoms in total. The van der Waals surface area contributed by atoms with E-state index in [1.165, 1.54) is 12.0 Å². The summed E-state index contributed by atoms with van der Waals surface area (Å²) in [4.78, 5) is 2.44. The van der Waals surface area contributed by atoms with E-state index in [1.807, 2.05) is 0 Å². The first-order valence-electron chi connectivity index (χ1n) is 7.04. The van der Waals surface area contributed by atoms with Crippen LogP contribution in [0.1, 0.15) is 32.8 Å². The van der Waals surface area contributed by atoms with Gasteiger partial charge in [-0.15, -0.1) is 0 Å². The SMILES string of the molecule is CC(C)CC(C)N(C)CCNCc1ccccc1. The van der Waals surface area contributed by atoms with Gasteiger partial charge in [-0.3, -0.25) is 0 Å². The summed E-state index contributed by atoms with van der Waals surface area (Å²) in [6.45, 7) is 10.0. The van der Waals surface area contributed by atoms with Gasteiger partial charge in [-0.1, -0.05) is 44.2 Å². The first kappa shape index (κ1) is 15.2. The van der Waals surface area contributed by atoms with Crippen molar-refractivity contribution in [1.82, 2.24) is 10.2 Å². The third kappa shape index (κ3) is 6.18. The average molecular weight is 248 g/mol. The van der Waals surface area contributed by atoms with Crippen molar-refractivity contribution >= 4 is 0 Å². The highest BCUT2D eigenvalue weighted by Gasteiger charge is 2.09. The Bertz CT molecular complexity index is 308. The highest BCUT2D eigenvalue weighted by Crippen LogP contribution is 2.08. The predicted octanol–water partition coefficient (Wildman–Crippen LogP) is 3.14. The van der Waals surface area contributed by atoms with Crippen molar-refractivity contribution in [3.8, 4) is 0 Å². The summed E-state index contributed by atoms with van der Waals surface area (Å²) in [6, 6.07) is 11.2. The van der Waals surface area contributed by atoms with Gasteiger partial charge in [-0.2, -0.15) is 0 Å². The van der Waals surface area contributed by atoms with Crippen LogP contribution in [0.4, 0.5) is 0 Å². The molecule has 0 radical (unpaired) electrons. The molecule has 0 saturated heterocycles. The Balaban J connectivity index is 2.14. The zero-order valence-corrected chi connectivity index (χ0v) is 12.3. The molecule has 0 heterocycles. The largest absolute Gasteiger partial charge is 0.311 e. The fraction of sp³-hybridized carbons (Fsp3) is 0.625. The Kier molecular flexibility index (Phi) is 6.99. The van der Waals surface area contributed by atoms with Gasteiger partial charge in [0.1, 0.15) is 0 Å². The summed E-state index contributed by atoms with van der Waals surface area (Å²) in [5.74, 6) is 0.778. The Hall–Kier alpha value is -0.860. The second kappa shape index (κ2) is 8.28. The van der Waals surface area contributed by atoms with Gasteiger partial charge in [0.25, 0.3) is 0 Å². The molecule has 0 aliphatic carbocycles. The van der Waals surface area contributed by atoms with Crippen LogP contribution in [0.3, 0.4) is 0 Å². The van der Waals surface area contributed by atoms with E-state index in [4.69, 9.17) is 0 Å². The normalized spacial score (nSPS) is 13.2. The summed E-state index contributed by atoms with van der Waals surface area (Å²) < 4.78 is 0. The van der Waals surface area contributed by atoms with E-state index in [0.29, 0.717) is 6.04 Å². The molecule has 0 bridgehead atoms. The van der Waals surface area contributed by atoms with Crippen molar-refractivity contribution in [1.29, 1.82) is 0 Å². The molecule has 1 rings (SSSR count). The first-order valence-corrected chi connectivity index (χ1v) is 7.04. The molecule has 1 aromatic rings. The van der Waals surface area contributed by atoms with Crippen LogP contribution in [0.2, 0.25) is 0 Å². The average Bonchev–Trinajstić information content (AvgIpc) is 2.34. The first-order chi connectivity index (χ1) is 8.59. The van der Waals surface area contributed by atoms with Crippen LogP contribution >= 0.6 is 0 Å². The Morgan fingerprint density at radius 1 is 1.11 bits per heavy atom. The smallest absolute Gasteiger partial charge is 0.0206 e. The molecule has 1 atom stereocenters. The fourth-order valence-electron chi connectivity index (χ4n) is 2.17. The highest BCUT2D eigenvalue weighted by molar-refractivity contribution is 5.14. The quantitative estimate of drug-likeness (QED) is 0.711. The summed E-state index contributed by atoms with van der Waals surface area (Å²) in [5.41, 5.74) is 1.36. The van der Waals surface area contributed by atoms with Crippen molar-refractivity contribution in [3.05, 3.63) is 35.9 Å². The molecule has 0 aromatic heterocycles. The number of nitrogens with zero attached hydrogens (tertiary/aromatic N) is 1. The zero-order valence-electron chi connectivity index (χ0n) is 12.3. The molecule has 18 heavy (non-hydrogen) atoms. The van der Waals surface area contributed by atoms with E-state index in [2.05, 4.69) is 68.4 Å². The second-order valence-electron chi connectivity index (χ2n) is 5.62. The van der Waals surface area contributed by atoms with E-state index in [9.17, 15) is 0 Å². The monoisotopic (exact) mass is 248 g/mol. The Morgan fingerprint density at radius 2 is 1.78 bits per heavy atom. The highest BCUT2D eigenvalue weighted by atomic mass is 15.1. The Morgan fingerprint density at radius 3 is 2.39 bits per heavy atom. The molecular formula is C16H28N2. The number of hydrogen-bond acceptors (Lipinski definition) is 2. The molecule has 0 aliphatic rings. The van der Waals surface area contributed by atoms with E-state index in [1.54, 1.807) is 0 Å². The van der Waals surface area contributed by atoms with Gasteiger partial charge in [-0.05, 0) is 31.9 Å².